The fourth-order valence-corrected chi connectivity index (χ4v) is 8.49. The smallest absolute Gasteiger partial charge is 0.192 e. The molecular weight excluding hydrogens is 396 g/mol. The van der Waals surface area contributed by atoms with Crippen molar-refractivity contribution < 1.29 is 9.53 Å². The lowest BCUT2D eigenvalue weighted by atomic mass is 9.51. The first-order valence-corrected chi connectivity index (χ1v) is 15.6. The minimum absolute atomic E-state index is 0.237. The lowest BCUT2D eigenvalue weighted by Crippen LogP contribution is -2.48. The van der Waals surface area contributed by atoms with Crippen molar-refractivity contribution in [3.8, 4) is 0 Å². The maximum atomic E-state index is 9.81. The first-order chi connectivity index (χ1) is 14.3. The average molecular weight is 443 g/mol. The van der Waals surface area contributed by atoms with Crippen LogP contribution >= 0.6 is 0 Å². The SMILES string of the molecule is C[C@H](CO)C1=CC[C@H]2[C@@H]3CC=C4C[C@@H](O[Si](C)(C)C(C)(C)C)CC[C@]4(C)C3=CC[C@]12C. The van der Waals surface area contributed by atoms with Gasteiger partial charge in [-0.1, -0.05) is 76.5 Å². The van der Waals surface area contributed by atoms with Gasteiger partial charge >= 0.3 is 0 Å². The highest BCUT2D eigenvalue weighted by atomic mass is 28.4. The molecule has 1 fully saturated rings. The summed E-state index contributed by atoms with van der Waals surface area (Å²) in [6.45, 7) is 19.3. The molecule has 0 aromatic heterocycles. The van der Waals surface area contributed by atoms with E-state index in [0.29, 0.717) is 17.9 Å². The molecule has 4 aliphatic carbocycles. The summed E-state index contributed by atoms with van der Waals surface area (Å²) in [6.07, 6.45) is 15.2. The van der Waals surface area contributed by atoms with Gasteiger partial charge in [0.05, 0.1) is 0 Å². The van der Waals surface area contributed by atoms with Gasteiger partial charge in [0.1, 0.15) is 0 Å². The summed E-state index contributed by atoms with van der Waals surface area (Å²) < 4.78 is 6.86. The molecule has 0 radical (unpaired) electrons. The predicted octanol–water partition coefficient (Wildman–Crippen LogP) is 7.42. The zero-order valence-corrected chi connectivity index (χ0v) is 22.3. The second kappa shape index (κ2) is 7.70. The maximum absolute atomic E-state index is 9.81. The van der Waals surface area contributed by atoms with Crippen LogP contribution in [0, 0.1) is 28.6 Å². The summed E-state index contributed by atoms with van der Waals surface area (Å²) in [5.41, 5.74) is 5.39. The molecule has 0 saturated heterocycles. The molecule has 0 aromatic carbocycles. The summed E-state index contributed by atoms with van der Waals surface area (Å²) in [5.74, 6) is 1.66. The van der Waals surface area contributed by atoms with Crippen LogP contribution in [0.1, 0.15) is 80.1 Å². The number of aliphatic hydroxyl groups is 1. The van der Waals surface area contributed by atoms with E-state index in [1.165, 1.54) is 31.3 Å². The maximum Gasteiger partial charge on any atom is 0.192 e. The standard InChI is InChI=1S/C28H46O2Si/c1-19(18-29)23-11-12-24-22-10-9-20-17-21(30-31(7,8)26(2,3)4)13-15-27(20,5)25(22)14-16-28(23,24)6/h9,11,14,19,21-22,24,29H,10,12-13,15-18H2,1-8H3/t19-,21+,22+,24+,27+,28-/m1/s1. The first kappa shape index (κ1) is 23.5. The van der Waals surface area contributed by atoms with Crippen molar-refractivity contribution in [2.24, 2.45) is 28.6 Å². The van der Waals surface area contributed by atoms with Gasteiger partial charge in [-0.15, -0.1) is 0 Å². The number of rotatable bonds is 4. The summed E-state index contributed by atoms with van der Waals surface area (Å²) in [7, 11) is -1.73. The van der Waals surface area contributed by atoms with Gasteiger partial charge in [-0.25, -0.2) is 0 Å². The van der Waals surface area contributed by atoms with Crippen molar-refractivity contribution >= 4 is 8.32 Å². The molecule has 1 N–H and O–H groups in total. The molecule has 0 amide bonds. The molecule has 174 valence electrons. The minimum atomic E-state index is -1.73. The van der Waals surface area contributed by atoms with Crippen LogP contribution in [0.4, 0.5) is 0 Å². The van der Waals surface area contributed by atoms with Gasteiger partial charge < -0.3 is 9.53 Å². The zero-order chi connectivity index (χ0) is 22.8. The molecule has 0 bridgehead atoms. The number of fused-ring (bicyclic) bond motifs is 5. The van der Waals surface area contributed by atoms with Crippen molar-refractivity contribution in [1.29, 1.82) is 0 Å². The number of hydrogen-bond donors (Lipinski definition) is 1. The Morgan fingerprint density at radius 1 is 1.16 bits per heavy atom. The van der Waals surface area contributed by atoms with Crippen LogP contribution in [0.25, 0.3) is 0 Å². The quantitative estimate of drug-likeness (QED) is 0.362. The van der Waals surface area contributed by atoms with Crippen molar-refractivity contribution in [2.45, 2.75) is 104 Å². The summed E-state index contributed by atoms with van der Waals surface area (Å²) in [5, 5.41) is 10.1. The molecule has 4 aliphatic rings. The van der Waals surface area contributed by atoms with Crippen LogP contribution in [-0.2, 0) is 4.43 Å². The fraction of sp³-hybridized carbons (Fsp3) is 0.786. The molecule has 0 aromatic rings. The van der Waals surface area contributed by atoms with Gasteiger partial charge in [0.15, 0.2) is 8.32 Å². The monoisotopic (exact) mass is 442 g/mol. The van der Waals surface area contributed by atoms with Gasteiger partial charge in [-0.05, 0) is 73.9 Å². The first-order valence-electron chi connectivity index (χ1n) is 12.7. The Kier molecular flexibility index (Phi) is 5.84. The Balaban J connectivity index is 1.55. The fourth-order valence-electron chi connectivity index (χ4n) is 7.10. The van der Waals surface area contributed by atoms with E-state index in [1.807, 2.05) is 0 Å². The third-order valence-electron chi connectivity index (χ3n) is 10.2. The Bertz CT molecular complexity index is 813. The summed E-state index contributed by atoms with van der Waals surface area (Å²) in [6, 6.07) is 0. The third-order valence-corrected chi connectivity index (χ3v) is 14.7. The van der Waals surface area contributed by atoms with E-state index in [9.17, 15) is 5.11 Å². The molecule has 4 rings (SSSR count). The molecule has 0 unspecified atom stereocenters. The summed E-state index contributed by atoms with van der Waals surface area (Å²) >= 11 is 0. The van der Waals surface area contributed by atoms with Crippen molar-refractivity contribution in [3.05, 3.63) is 34.9 Å². The summed E-state index contributed by atoms with van der Waals surface area (Å²) in [4.78, 5) is 0. The van der Waals surface area contributed by atoms with Gasteiger partial charge in [0.2, 0.25) is 0 Å². The molecule has 31 heavy (non-hydrogen) atoms. The van der Waals surface area contributed by atoms with Crippen molar-refractivity contribution in [1.82, 2.24) is 0 Å². The van der Waals surface area contributed by atoms with Gasteiger partial charge in [-0.3, -0.25) is 0 Å². The Hall–Kier alpha value is -0.643. The molecule has 0 heterocycles. The highest BCUT2D eigenvalue weighted by Crippen LogP contribution is 2.63. The molecule has 0 spiro atoms. The van der Waals surface area contributed by atoms with Crippen molar-refractivity contribution in [2.75, 3.05) is 6.61 Å². The van der Waals surface area contributed by atoms with E-state index in [-0.39, 0.29) is 28.4 Å². The molecule has 6 atom stereocenters. The molecule has 3 heteroatoms. The lowest BCUT2D eigenvalue weighted by molar-refractivity contribution is 0.0997. The van der Waals surface area contributed by atoms with Gasteiger partial charge in [0, 0.05) is 24.0 Å². The highest BCUT2D eigenvalue weighted by Gasteiger charge is 2.54. The van der Waals surface area contributed by atoms with Crippen LogP contribution < -0.4 is 0 Å². The van der Waals surface area contributed by atoms with Crippen LogP contribution in [-0.4, -0.2) is 26.1 Å². The van der Waals surface area contributed by atoms with Crippen LogP contribution in [0.3, 0.4) is 0 Å². The zero-order valence-electron chi connectivity index (χ0n) is 21.3. The van der Waals surface area contributed by atoms with Crippen LogP contribution in [0.5, 0.6) is 0 Å². The average Bonchev–Trinajstić information content (AvgIpc) is 3.04. The highest BCUT2D eigenvalue weighted by molar-refractivity contribution is 6.74. The van der Waals surface area contributed by atoms with Crippen LogP contribution in [0.15, 0.2) is 34.9 Å². The second-order valence-electron chi connectivity index (χ2n) is 13.0. The van der Waals surface area contributed by atoms with E-state index >= 15 is 0 Å². The van der Waals surface area contributed by atoms with E-state index < -0.39 is 8.32 Å². The minimum Gasteiger partial charge on any atom is -0.414 e. The topological polar surface area (TPSA) is 29.5 Å². The predicted molar refractivity (Wildman–Crippen MR) is 133 cm³/mol. The normalized spacial score (nSPS) is 39.0. The van der Waals surface area contributed by atoms with E-state index in [1.54, 1.807) is 11.1 Å². The number of allylic oxidation sites excluding steroid dienone is 4. The molecule has 0 aliphatic heterocycles. The lowest BCUT2D eigenvalue weighted by Gasteiger charge is -2.54. The Labute approximate surface area is 192 Å². The van der Waals surface area contributed by atoms with E-state index in [4.69, 9.17) is 4.43 Å². The number of aliphatic hydroxyl groups excluding tert-OH is 1. The third kappa shape index (κ3) is 3.67. The Morgan fingerprint density at radius 3 is 2.52 bits per heavy atom. The Morgan fingerprint density at radius 2 is 1.87 bits per heavy atom. The number of hydrogen-bond acceptors (Lipinski definition) is 2. The van der Waals surface area contributed by atoms with Crippen molar-refractivity contribution in [3.63, 3.8) is 0 Å². The molecular formula is C28H46O2Si. The molecule has 2 nitrogen and oxygen atoms in total. The molecule has 1 saturated carbocycles. The van der Waals surface area contributed by atoms with Crippen LogP contribution in [0.2, 0.25) is 18.1 Å². The second-order valence-corrected chi connectivity index (χ2v) is 17.8. The largest absolute Gasteiger partial charge is 0.414 e. The van der Waals surface area contributed by atoms with Gasteiger partial charge in [-0.2, -0.15) is 0 Å². The van der Waals surface area contributed by atoms with E-state index in [0.717, 1.165) is 12.8 Å². The van der Waals surface area contributed by atoms with Gasteiger partial charge in [0.25, 0.3) is 0 Å². The van der Waals surface area contributed by atoms with E-state index in [2.05, 4.69) is 72.9 Å².